The molecule has 2 aliphatic rings. The van der Waals surface area contributed by atoms with Crippen LogP contribution in [0.5, 0.6) is 11.5 Å². The first-order chi connectivity index (χ1) is 15.6. The van der Waals surface area contributed by atoms with Crippen LogP contribution in [0.2, 0.25) is 0 Å². The molecule has 1 fully saturated rings. The van der Waals surface area contributed by atoms with E-state index in [1.807, 2.05) is 12.1 Å². The van der Waals surface area contributed by atoms with E-state index in [4.69, 9.17) is 20.2 Å². The number of hydrogen-bond donors (Lipinski definition) is 1. The average molecular weight is 434 g/mol. The number of piperazine rings is 1. The summed E-state index contributed by atoms with van der Waals surface area (Å²) < 4.78 is 10.8. The summed E-state index contributed by atoms with van der Waals surface area (Å²) in [5, 5.41) is 0.786. The zero-order chi connectivity index (χ0) is 22.1. The van der Waals surface area contributed by atoms with Gasteiger partial charge in [-0.1, -0.05) is 24.3 Å². The zero-order valence-corrected chi connectivity index (χ0v) is 18.9. The molecule has 3 aromatic rings. The fraction of sp³-hybridized carbons (Fsp3) is 0.440. The van der Waals surface area contributed by atoms with Crippen molar-refractivity contribution in [2.24, 2.45) is 0 Å². The SMILES string of the molecule is COc1cc2nc(CN3CCN(C4CCc5ccccc5C4)CC3)nc(N)c2cc1OC. The number of nitrogens with two attached hydrogens (primary N) is 1. The van der Waals surface area contributed by atoms with Gasteiger partial charge < -0.3 is 15.2 Å². The van der Waals surface area contributed by atoms with Crippen LogP contribution in [0.1, 0.15) is 23.4 Å². The Morgan fingerprint density at radius 1 is 0.969 bits per heavy atom. The number of rotatable bonds is 5. The third kappa shape index (κ3) is 4.10. The molecule has 0 amide bonds. The van der Waals surface area contributed by atoms with Gasteiger partial charge in [-0.3, -0.25) is 9.80 Å². The van der Waals surface area contributed by atoms with E-state index in [9.17, 15) is 0 Å². The quantitative estimate of drug-likeness (QED) is 0.663. The standard InChI is InChI=1S/C25H31N5O2/c1-31-22-14-20-21(15-23(22)32-2)27-24(28-25(20)26)16-29-9-11-30(12-10-29)19-8-7-17-5-3-4-6-18(17)13-19/h3-6,14-15,19H,7-13,16H2,1-2H3,(H2,26,27,28). The van der Waals surface area contributed by atoms with E-state index in [1.54, 1.807) is 14.2 Å². The number of methoxy groups -OCH3 is 2. The second-order valence-electron chi connectivity index (χ2n) is 8.73. The van der Waals surface area contributed by atoms with Crippen LogP contribution in [0, 0.1) is 0 Å². The second kappa shape index (κ2) is 8.92. The number of benzene rings is 2. The molecule has 7 heteroatoms. The van der Waals surface area contributed by atoms with Crippen molar-refractivity contribution in [1.82, 2.24) is 19.8 Å². The minimum Gasteiger partial charge on any atom is -0.493 e. The van der Waals surface area contributed by atoms with Crippen LogP contribution in [0.4, 0.5) is 5.82 Å². The summed E-state index contributed by atoms with van der Waals surface area (Å²) in [5.74, 6) is 2.50. The topological polar surface area (TPSA) is 76.7 Å². The molecule has 2 aromatic carbocycles. The predicted octanol–water partition coefficient (Wildman–Crippen LogP) is 2.90. The largest absolute Gasteiger partial charge is 0.493 e. The third-order valence-electron chi connectivity index (χ3n) is 6.89. The van der Waals surface area contributed by atoms with Crippen molar-refractivity contribution < 1.29 is 9.47 Å². The lowest BCUT2D eigenvalue weighted by atomic mass is 9.87. The monoisotopic (exact) mass is 433 g/mol. The Kier molecular flexibility index (Phi) is 5.85. The van der Waals surface area contributed by atoms with Crippen molar-refractivity contribution in [2.75, 3.05) is 46.1 Å². The molecule has 2 heterocycles. The first-order valence-corrected chi connectivity index (χ1v) is 11.4. The number of aromatic nitrogens is 2. The molecule has 0 radical (unpaired) electrons. The van der Waals surface area contributed by atoms with Gasteiger partial charge in [-0.15, -0.1) is 0 Å². The molecule has 1 atom stereocenters. The van der Waals surface area contributed by atoms with Crippen molar-refractivity contribution in [3.05, 3.63) is 53.3 Å². The molecule has 5 rings (SSSR count). The number of nitrogen functional groups attached to an aromatic ring is 1. The van der Waals surface area contributed by atoms with E-state index < -0.39 is 0 Å². The van der Waals surface area contributed by atoms with Crippen molar-refractivity contribution in [2.45, 2.75) is 31.8 Å². The molecule has 2 N–H and O–H groups in total. The van der Waals surface area contributed by atoms with Gasteiger partial charge in [-0.05, 0) is 36.5 Å². The lowest BCUT2D eigenvalue weighted by molar-refractivity contribution is 0.0843. The van der Waals surface area contributed by atoms with Crippen LogP contribution in [0.25, 0.3) is 10.9 Å². The molecule has 1 aromatic heterocycles. The summed E-state index contributed by atoms with van der Waals surface area (Å²) in [6, 6.07) is 13.3. The van der Waals surface area contributed by atoms with E-state index in [2.05, 4.69) is 39.0 Å². The van der Waals surface area contributed by atoms with Gasteiger partial charge in [-0.25, -0.2) is 9.97 Å². The van der Waals surface area contributed by atoms with E-state index in [0.29, 0.717) is 29.9 Å². The Bertz CT molecular complexity index is 1110. The Morgan fingerprint density at radius 3 is 2.44 bits per heavy atom. The summed E-state index contributed by atoms with van der Waals surface area (Å²) in [7, 11) is 3.24. The average Bonchev–Trinajstić information content (AvgIpc) is 2.83. The van der Waals surface area contributed by atoms with Crippen molar-refractivity contribution in [3.8, 4) is 11.5 Å². The molecular formula is C25H31N5O2. The molecule has 1 aliphatic carbocycles. The molecule has 0 saturated carbocycles. The molecule has 1 aliphatic heterocycles. The Hall–Kier alpha value is -2.90. The van der Waals surface area contributed by atoms with E-state index in [1.165, 1.54) is 30.4 Å². The van der Waals surface area contributed by atoms with Crippen LogP contribution < -0.4 is 15.2 Å². The predicted molar refractivity (Wildman–Crippen MR) is 126 cm³/mol. The summed E-state index contributed by atoms with van der Waals surface area (Å²) in [5.41, 5.74) is 10.1. The van der Waals surface area contributed by atoms with Crippen LogP contribution in [-0.2, 0) is 19.4 Å². The van der Waals surface area contributed by atoms with Gasteiger partial charge in [0.05, 0.1) is 26.3 Å². The highest BCUT2D eigenvalue weighted by Crippen LogP contribution is 2.33. The maximum atomic E-state index is 6.26. The highest BCUT2D eigenvalue weighted by atomic mass is 16.5. The summed E-state index contributed by atoms with van der Waals surface area (Å²) in [4.78, 5) is 14.4. The number of nitrogens with zero attached hydrogens (tertiary/aromatic N) is 4. The minimum absolute atomic E-state index is 0.477. The first kappa shape index (κ1) is 21.0. The molecule has 1 saturated heterocycles. The third-order valence-corrected chi connectivity index (χ3v) is 6.89. The summed E-state index contributed by atoms with van der Waals surface area (Å²) in [6.07, 6.45) is 3.62. The van der Waals surface area contributed by atoms with Crippen LogP contribution in [0.3, 0.4) is 0 Å². The maximum absolute atomic E-state index is 6.26. The van der Waals surface area contributed by atoms with Crippen molar-refractivity contribution >= 4 is 16.7 Å². The number of fused-ring (bicyclic) bond motifs is 2. The van der Waals surface area contributed by atoms with Gasteiger partial charge in [0, 0.05) is 43.7 Å². The van der Waals surface area contributed by atoms with E-state index >= 15 is 0 Å². The van der Waals surface area contributed by atoms with Crippen LogP contribution in [-0.4, -0.2) is 66.2 Å². The fourth-order valence-corrected chi connectivity index (χ4v) is 5.08. The molecule has 0 bridgehead atoms. The van der Waals surface area contributed by atoms with Crippen molar-refractivity contribution in [1.29, 1.82) is 0 Å². The molecule has 1 unspecified atom stereocenters. The smallest absolute Gasteiger partial charge is 0.162 e. The molecular weight excluding hydrogens is 402 g/mol. The zero-order valence-electron chi connectivity index (χ0n) is 18.9. The van der Waals surface area contributed by atoms with E-state index in [0.717, 1.165) is 42.9 Å². The van der Waals surface area contributed by atoms with Gasteiger partial charge in [0.25, 0.3) is 0 Å². The molecule has 32 heavy (non-hydrogen) atoms. The fourth-order valence-electron chi connectivity index (χ4n) is 5.08. The summed E-state index contributed by atoms with van der Waals surface area (Å²) >= 11 is 0. The summed E-state index contributed by atoms with van der Waals surface area (Å²) in [6.45, 7) is 4.91. The Balaban J connectivity index is 1.24. The second-order valence-corrected chi connectivity index (χ2v) is 8.73. The normalized spacial score (nSPS) is 19.6. The van der Waals surface area contributed by atoms with Crippen LogP contribution in [0.15, 0.2) is 36.4 Å². The number of ether oxygens (including phenoxy) is 2. The number of hydrogen-bond acceptors (Lipinski definition) is 7. The van der Waals surface area contributed by atoms with Gasteiger partial charge in [0.2, 0.25) is 0 Å². The van der Waals surface area contributed by atoms with Gasteiger partial charge in [0.1, 0.15) is 11.6 Å². The molecule has 0 spiro atoms. The highest BCUT2D eigenvalue weighted by Gasteiger charge is 2.27. The molecule has 7 nitrogen and oxygen atoms in total. The lowest BCUT2D eigenvalue weighted by Gasteiger charge is -2.41. The minimum atomic E-state index is 0.477. The van der Waals surface area contributed by atoms with Gasteiger partial charge in [0.15, 0.2) is 11.5 Å². The van der Waals surface area contributed by atoms with Crippen molar-refractivity contribution in [3.63, 3.8) is 0 Å². The van der Waals surface area contributed by atoms with Crippen LogP contribution >= 0.6 is 0 Å². The maximum Gasteiger partial charge on any atom is 0.162 e. The Morgan fingerprint density at radius 2 is 1.69 bits per heavy atom. The van der Waals surface area contributed by atoms with E-state index in [-0.39, 0.29) is 0 Å². The van der Waals surface area contributed by atoms with Gasteiger partial charge >= 0.3 is 0 Å². The lowest BCUT2D eigenvalue weighted by Crippen LogP contribution is -2.51. The highest BCUT2D eigenvalue weighted by molar-refractivity contribution is 5.90. The Labute approximate surface area is 189 Å². The van der Waals surface area contributed by atoms with Gasteiger partial charge in [-0.2, -0.15) is 0 Å². The first-order valence-electron chi connectivity index (χ1n) is 11.4. The number of anilines is 1. The number of aryl methyl sites for hydroxylation is 1. The molecule has 168 valence electrons.